The van der Waals surface area contributed by atoms with Crippen LogP contribution in [-0.2, 0) is 19.8 Å². The SMILES string of the molecule is CCC(C(=O)NCC(=O)N(C)[C@H](CN(C)CC(=O)N1CCCC1)C(C)C)C(C)(C)c1ccccc1. The van der Waals surface area contributed by atoms with E-state index in [9.17, 15) is 14.4 Å². The lowest BCUT2D eigenvalue weighted by molar-refractivity contribution is -0.136. The maximum Gasteiger partial charge on any atom is 0.242 e. The number of amides is 3. The van der Waals surface area contributed by atoms with Crippen LogP contribution in [0.4, 0.5) is 0 Å². The van der Waals surface area contributed by atoms with E-state index in [-0.39, 0.29) is 47.6 Å². The number of benzene rings is 1. The summed E-state index contributed by atoms with van der Waals surface area (Å²) in [6.07, 6.45) is 2.84. The number of hydrogen-bond donors (Lipinski definition) is 1. The van der Waals surface area contributed by atoms with E-state index in [1.165, 1.54) is 0 Å². The van der Waals surface area contributed by atoms with E-state index in [4.69, 9.17) is 0 Å². The van der Waals surface area contributed by atoms with E-state index in [1.54, 1.807) is 11.9 Å². The molecule has 1 saturated heterocycles. The first kappa shape index (κ1) is 28.8. The number of rotatable bonds is 12. The van der Waals surface area contributed by atoms with Crippen molar-refractivity contribution < 1.29 is 14.4 Å². The highest BCUT2D eigenvalue weighted by atomic mass is 16.2. The molecule has 3 amide bonds. The van der Waals surface area contributed by atoms with Crippen molar-refractivity contribution in [3.63, 3.8) is 0 Å². The van der Waals surface area contributed by atoms with Gasteiger partial charge in [-0.05, 0) is 37.8 Å². The van der Waals surface area contributed by atoms with Crippen LogP contribution in [0.1, 0.15) is 59.4 Å². The summed E-state index contributed by atoms with van der Waals surface area (Å²) in [6, 6.07) is 9.99. The molecule has 0 bridgehead atoms. The van der Waals surface area contributed by atoms with Crippen LogP contribution in [0, 0.1) is 11.8 Å². The molecule has 2 rings (SSSR count). The van der Waals surface area contributed by atoms with Crippen molar-refractivity contribution in [1.29, 1.82) is 0 Å². The van der Waals surface area contributed by atoms with Gasteiger partial charge in [0.2, 0.25) is 17.7 Å². The number of likely N-dealkylation sites (tertiary alicyclic amines) is 1. The van der Waals surface area contributed by atoms with E-state index >= 15 is 0 Å². The van der Waals surface area contributed by atoms with Crippen LogP contribution >= 0.6 is 0 Å². The zero-order valence-corrected chi connectivity index (χ0v) is 22.8. The molecule has 0 saturated carbocycles. The van der Waals surface area contributed by atoms with Crippen molar-refractivity contribution in [3.8, 4) is 0 Å². The molecule has 0 aromatic heterocycles. The number of carbonyl (C=O) groups excluding carboxylic acids is 3. The molecule has 1 N–H and O–H groups in total. The predicted octanol–water partition coefficient (Wildman–Crippen LogP) is 3.14. The Bertz CT molecular complexity index is 834. The summed E-state index contributed by atoms with van der Waals surface area (Å²) in [7, 11) is 3.72. The van der Waals surface area contributed by atoms with E-state index in [0.29, 0.717) is 19.5 Å². The molecule has 0 radical (unpaired) electrons. The van der Waals surface area contributed by atoms with Crippen LogP contribution < -0.4 is 5.32 Å². The maximum absolute atomic E-state index is 13.1. The van der Waals surface area contributed by atoms with Crippen molar-refractivity contribution in [2.75, 3.05) is 46.8 Å². The van der Waals surface area contributed by atoms with Gasteiger partial charge in [-0.15, -0.1) is 0 Å². The fraction of sp³-hybridized carbons (Fsp3) is 0.679. The molecule has 1 unspecified atom stereocenters. The molecule has 1 aliphatic heterocycles. The van der Waals surface area contributed by atoms with Crippen LogP contribution in [0.25, 0.3) is 0 Å². The zero-order valence-electron chi connectivity index (χ0n) is 22.8. The highest BCUT2D eigenvalue weighted by molar-refractivity contribution is 5.86. The molecule has 1 fully saturated rings. The summed E-state index contributed by atoms with van der Waals surface area (Å²) in [5.74, 6) is -0.0994. The average Bonchev–Trinajstić information content (AvgIpc) is 3.36. The molecule has 7 nitrogen and oxygen atoms in total. The largest absolute Gasteiger partial charge is 0.347 e. The van der Waals surface area contributed by atoms with Crippen LogP contribution in [0.5, 0.6) is 0 Å². The number of likely N-dealkylation sites (N-methyl/N-ethyl adjacent to an activating group) is 2. The highest BCUT2D eigenvalue weighted by Gasteiger charge is 2.35. The molecule has 2 atom stereocenters. The molecular weight excluding hydrogens is 440 g/mol. The molecule has 1 aliphatic rings. The van der Waals surface area contributed by atoms with Crippen LogP contribution in [0.2, 0.25) is 0 Å². The molecule has 1 aromatic rings. The molecule has 35 heavy (non-hydrogen) atoms. The fourth-order valence-electron chi connectivity index (χ4n) is 5.15. The van der Waals surface area contributed by atoms with Crippen molar-refractivity contribution in [3.05, 3.63) is 35.9 Å². The second-order valence-corrected chi connectivity index (χ2v) is 10.9. The smallest absolute Gasteiger partial charge is 0.242 e. The second-order valence-electron chi connectivity index (χ2n) is 10.9. The molecule has 0 aliphatic carbocycles. The molecule has 7 heteroatoms. The number of hydrogen-bond acceptors (Lipinski definition) is 4. The highest BCUT2D eigenvalue weighted by Crippen LogP contribution is 2.33. The Morgan fingerprint density at radius 2 is 1.66 bits per heavy atom. The maximum atomic E-state index is 13.1. The first-order valence-corrected chi connectivity index (χ1v) is 13.0. The van der Waals surface area contributed by atoms with Gasteiger partial charge in [-0.3, -0.25) is 19.3 Å². The molecule has 196 valence electrons. The molecular formula is C28H46N4O3. The van der Waals surface area contributed by atoms with Gasteiger partial charge in [0.05, 0.1) is 13.1 Å². The van der Waals surface area contributed by atoms with Crippen LogP contribution in [0.15, 0.2) is 30.3 Å². The quantitative estimate of drug-likeness (QED) is 0.493. The summed E-state index contributed by atoms with van der Waals surface area (Å²) in [5.41, 5.74) is 0.761. The molecule has 1 heterocycles. The monoisotopic (exact) mass is 486 g/mol. The van der Waals surface area contributed by atoms with Gasteiger partial charge < -0.3 is 15.1 Å². The van der Waals surface area contributed by atoms with E-state index in [0.717, 1.165) is 31.5 Å². The third-order valence-electron chi connectivity index (χ3n) is 7.55. The van der Waals surface area contributed by atoms with Crippen molar-refractivity contribution in [2.45, 2.75) is 65.3 Å². The lowest BCUT2D eigenvalue weighted by atomic mass is 9.71. The lowest BCUT2D eigenvalue weighted by Gasteiger charge is -2.35. The summed E-state index contributed by atoms with van der Waals surface area (Å²) >= 11 is 0. The summed E-state index contributed by atoms with van der Waals surface area (Å²) < 4.78 is 0. The first-order chi connectivity index (χ1) is 16.5. The third-order valence-corrected chi connectivity index (χ3v) is 7.55. The Morgan fingerprint density at radius 3 is 2.20 bits per heavy atom. The van der Waals surface area contributed by atoms with E-state index in [2.05, 4.69) is 33.0 Å². The van der Waals surface area contributed by atoms with Gasteiger partial charge >= 0.3 is 0 Å². The molecule has 1 aromatic carbocycles. The lowest BCUT2D eigenvalue weighted by Crippen LogP contribution is -2.52. The minimum absolute atomic E-state index is 0.0314. The minimum Gasteiger partial charge on any atom is -0.347 e. The zero-order chi connectivity index (χ0) is 26.2. The Hall–Kier alpha value is -2.41. The van der Waals surface area contributed by atoms with E-state index < -0.39 is 0 Å². The minimum atomic E-state index is -0.347. The summed E-state index contributed by atoms with van der Waals surface area (Å²) in [5, 5.41) is 2.90. The predicted molar refractivity (Wildman–Crippen MR) is 141 cm³/mol. The van der Waals surface area contributed by atoms with Gasteiger partial charge in [0.1, 0.15) is 0 Å². The Kier molecular flexibility index (Phi) is 10.7. The second kappa shape index (κ2) is 13.1. The third kappa shape index (κ3) is 7.79. The first-order valence-electron chi connectivity index (χ1n) is 13.0. The summed E-state index contributed by atoms with van der Waals surface area (Å²) in [4.78, 5) is 44.3. The number of nitrogens with one attached hydrogen (secondary N) is 1. The standard InChI is InChI=1S/C28H46N4O3/c1-8-23(28(4,5)22-14-10-9-11-15-22)27(35)29-18-25(33)31(7)24(21(2)3)19-30(6)20-26(34)32-16-12-13-17-32/h9-11,14-15,21,23-24H,8,12-13,16-20H2,1-7H3,(H,29,35)/t23?,24-/m1/s1. The number of carbonyl (C=O) groups is 3. The van der Waals surface area contributed by atoms with Gasteiger partial charge in [-0.1, -0.05) is 65.0 Å². The number of nitrogens with zero attached hydrogens (tertiary/aromatic N) is 3. The molecule has 0 spiro atoms. The van der Waals surface area contributed by atoms with Gasteiger partial charge in [-0.25, -0.2) is 0 Å². The van der Waals surface area contributed by atoms with Crippen molar-refractivity contribution in [2.24, 2.45) is 11.8 Å². The van der Waals surface area contributed by atoms with Crippen LogP contribution in [-0.4, -0.2) is 85.3 Å². The normalized spacial score (nSPS) is 15.9. The van der Waals surface area contributed by atoms with Crippen molar-refractivity contribution in [1.82, 2.24) is 20.0 Å². The van der Waals surface area contributed by atoms with Crippen LogP contribution in [0.3, 0.4) is 0 Å². The van der Waals surface area contributed by atoms with Crippen molar-refractivity contribution >= 4 is 17.7 Å². The van der Waals surface area contributed by atoms with Gasteiger partial charge in [0, 0.05) is 44.1 Å². The Balaban J connectivity index is 1.95. The van der Waals surface area contributed by atoms with Gasteiger partial charge in [0.15, 0.2) is 0 Å². The fourth-order valence-corrected chi connectivity index (χ4v) is 5.15. The van der Waals surface area contributed by atoms with Gasteiger partial charge in [0.25, 0.3) is 0 Å². The Morgan fingerprint density at radius 1 is 1.06 bits per heavy atom. The Labute approximate surface area is 212 Å². The average molecular weight is 487 g/mol. The summed E-state index contributed by atoms with van der Waals surface area (Å²) in [6.45, 7) is 13.0. The van der Waals surface area contributed by atoms with E-state index in [1.807, 2.05) is 54.1 Å². The topological polar surface area (TPSA) is 73.0 Å². The van der Waals surface area contributed by atoms with Gasteiger partial charge in [-0.2, -0.15) is 0 Å².